The van der Waals surface area contributed by atoms with Gasteiger partial charge in [0.2, 0.25) is 0 Å². The summed E-state index contributed by atoms with van der Waals surface area (Å²) in [5, 5.41) is 17.5. The Morgan fingerprint density at radius 3 is 1.71 bits per heavy atom. The highest BCUT2D eigenvalue weighted by Gasteiger charge is 2.33. The van der Waals surface area contributed by atoms with Crippen LogP contribution in [0.3, 0.4) is 0 Å². The van der Waals surface area contributed by atoms with Crippen molar-refractivity contribution in [2.45, 2.75) is 24.4 Å². The Kier molecular flexibility index (Phi) is 1.09. The first kappa shape index (κ1) is 5.13. The van der Waals surface area contributed by atoms with Crippen molar-refractivity contribution in [1.29, 1.82) is 0 Å². The minimum Gasteiger partial charge on any atom is -0.393 e. The molecule has 0 bridgehead atoms. The molecule has 2 unspecified atom stereocenters. The third kappa shape index (κ3) is 0.662. The van der Waals surface area contributed by atoms with Crippen LogP contribution < -0.4 is 0 Å². The molecule has 2 nitrogen and oxygen atoms in total. The third-order valence-electron chi connectivity index (χ3n) is 1.70. The zero-order valence-electron chi connectivity index (χ0n) is 4.33. The summed E-state index contributed by atoms with van der Waals surface area (Å²) < 4.78 is 0. The average Bonchev–Trinajstić information content (AvgIpc) is 1.68. The van der Waals surface area contributed by atoms with E-state index in [0.717, 1.165) is 0 Å². The van der Waals surface area contributed by atoms with E-state index in [0.29, 0.717) is 6.42 Å². The molecule has 0 aromatic rings. The van der Waals surface area contributed by atoms with E-state index >= 15 is 0 Å². The second kappa shape index (κ2) is 1.49. The number of hydrogen-bond acceptors (Lipinski definition) is 2. The van der Waals surface area contributed by atoms with E-state index in [1.807, 2.05) is 7.85 Å². The minimum atomic E-state index is -0.241. The monoisotopic (exact) mass is 100 g/mol. The average molecular weight is 99.9 g/mol. The molecule has 0 spiro atoms. The maximum atomic E-state index is 8.73. The summed E-state index contributed by atoms with van der Waals surface area (Å²) in [7, 11) is 1.85. The van der Waals surface area contributed by atoms with E-state index in [1.165, 1.54) is 0 Å². The normalized spacial score (nSPS) is 50.9. The highest BCUT2D eigenvalue weighted by Crippen LogP contribution is 2.29. The van der Waals surface area contributed by atoms with Crippen LogP contribution in [0.25, 0.3) is 0 Å². The van der Waals surface area contributed by atoms with Gasteiger partial charge in [0.25, 0.3) is 0 Å². The molecule has 0 saturated heterocycles. The molecule has 1 aliphatic carbocycles. The number of hydrogen-bond donors (Lipinski definition) is 2. The lowest BCUT2D eigenvalue weighted by Gasteiger charge is -2.35. The Balaban J connectivity index is 2.29. The molecule has 40 valence electrons. The van der Waals surface area contributed by atoms with Gasteiger partial charge in [0.1, 0.15) is 7.85 Å². The number of aliphatic hydroxyl groups is 2. The van der Waals surface area contributed by atoms with Gasteiger partial charge in [-0.05, 0) is 12.2 Å². The van der Waals surface area contributed by atoms with E-state index in [9.17, 15) is 0 Å². The SMILES string of the molecule is BC1C(O)CC1O. The van der Waals surface area contributed by atoms with Gasteiger partial charge in [-0.15, -0.1) is 0 Å². The van der Waals surface area contributed by atoms with Gasteiger partial charge in [-0.2, -0.15) is 0 Å². The predicted octanol–water partition coefficient (Wildman–Crippen LogP) is -1.47. The molecule has 1 aliphatic rings. The topological polar surface area (TPSA) is 40.5 Å². The zero-order chi connectivity index (χ0) is 5.44. The molecule has 1 saturated carbocycles. The van der Waals surface area contributed by atoms with Crippen molar-refractivity contribution in [3.63, 3.8) is 0 Å². The Morgan fingerprint density at radius 2 is 1.71 bits per heavy atom. The van der Waals surface area contributed by atoms with Crippen LogP contribution in [0.15, 0.2) is 0 Å². The summed E-state index contributed by atoms with van der Waals surface area (Å²) in [5.41, 5.74) is 0. The Labute approximate surface area is 43.6 Å². The van der Waals surface area contributed by atoms with E-state index in [4.69, 9.17) is 10.2 Å². The van der Waals surface area contributed by atoms with E-state index in [1.54, 1.807) is 0 Å². The summed E-state index contributed by atoms with van der Waals surface area (Å²) in [4.78, 5) is 0. The molecular formula is C4H9BO2. The first-order valence-electron chi connectivity index (χ1n) is 2.58. The fraction of sp³-hybridized carbons (Fsp3) is 1.00. The van der Waals surface area contributed by atoms with E-state index in [2.05, 4.69) is 0 Å². The maximum absolute atomic E-state index is 8.73. The van der Waals surface area contributed by atoms with Gasteiger partial charge >= 0.3 is 0 Å². The lowest BCUT2D eigenvalue weighted by atomic mass is 9.66. The Morgan fingerprint density at radius 1 is 1.29 bits per heavy atom. The fourth-order valence-corrected chi connectivity index (χ4v) is 0.737. The van der Waals surface area contributed by atoms with E-state index in [-0.39, 0.29) is 18.0 Å². The molecule has 0 aromatic heterocycles. The number of rotatable bonds is 0. The van der Waals surface area contributed by atoms with Crippen molar-refractivity contribution in [3.05, 3.63) is 0 Å². The van der Waals surface area contributed by atoms with Gasteiger partial charge in [-0.3, -0.25) is 0 Å². The van der Waals surface area contributed by atoms with Crippen LogP contribution in [0, 0.1) is 0 Å². The first-order chi connectivity index (χ1) is 3.22. The molecule has 0 amide bonds. The Hall–Kier alpha value is -0.0151. The van der Waals surface area contributed by atoms with Crippen molar-refractivity contribution in [2.24, 2.45) is 0 Å². The fourth-order valence-electron chi connectivity index (χ4n) is 0.737. The second-order valence-electron chi connectivity index (χ2n) is 2.23. The predicted molar refractivity (Wildman–Crippen MR) is 28.9 cm³/mol. The van der Waals surface area contributed by atoms with Crippen LogP contribution in [0.2, 0.25) is 5.82 Å². The molecule has 0 aromatic carbocycles. The van der Waals surface area contributed by atoms with Gasteiger partial charge in [-0.25, -0.2) is 0 Å². The van der Waals surface area contributed by atoms with E-state index < -0.39 is 0 Å². The Bertz CT molecular complexity index is 68.1. The van der Waals surface area contributed by atoms with Gasteiger partial charge < -0.3 is 10.2 Å². The minimum absolute atomic E-state index is 0.111. The molecule has 2 N–H and O–H groups in total. The molecular weight excluding hydrogens is 90.9 g/mol. The second-order valence-corrected chi connectivity index (χ2v) is 2.23. The van der Waals surface area contributed by atoms with Crippen molar-refractivity contribution in [3.8, 4) is 0 Å². The zero-order valence-corrected chi connectivity index (χ0v) is 4.33. The molecule has 0 radical (unpaired) electrons. The number of aliphatic hydroxyl groups excluding tert-OH is 2. The van der Waals surface area contributed by atoms with Gasteiger partial charge in [-0.1, -0.05) is 0 Å². The van der Waals surface area contributed by atoms with Crippen LogP contribution in [0.1, 0.15) is 6.42 Å². The summed E-state index contributed by atoms with van der Waals surface area (Å²) in [6, 6.07) is 0. The summed E-state index contributed by atoms with van der Waals surface area (Å²) >= 11 is 0. The lowest BCUT2D eigenvalue weighted by molar-refractivity contribution is -0.0233. The van der Waals surface area contributed by atoms with Crippen LogP contribution in [0.5, 0.6) is 0 Å². The summed E-state index contributed by atoms with van der Waals surface area (Å²) in [5.74, 6) is 0.111. The van der Waals surface area contributed by atoms with Crippen molar-refractivity contribution >= 4 is 7.85 Å². The van der Waals surface area contributed by atoms with Crippen LogP contribution in [-0.4, -0.2) is 30.3 Å². The van der Waals surface area contributed by atoms with Crippen LogP contribution in [-0.2, 0) is 0 Å². The molecule has 7 heavy (non-hydrogen) atoms. The molecule has 1 fully saturated rings. The third-order valence-corrected chi connectivity index (χ3v) is 1.70. The largest absolute Gasteiger partial charge is 0.393 e. The van der Waals surface area contributed by atoms with Gasteiger partial charge in [0, 0.05) is 0 Å². The summed E-state index contributed by atoms with van der Waals surface area (Å²) in [6.07, 6.45) is 0.0891. The molecule has 3 heteroatoms. The molecule has 0 aliphatic heterocycles. The van der Waals surface area contributed by atoms with Crippen LogP contribution in [0.4, 0.5) is 0 Å². The maximum Gasteiger partial charge on any atom is 0.112 e. The smallest absolute Gasteiger partial charge is 0.112 e. The quantitative estimate of drug-likeness (QED) is 0.365. The standard InChI is InChI=1S/C4H9BO2/c5-4-2(6)1-3(4)7/h2-4,6-7H,1,5H2. The van der Waals surface area contributed by atoms with Gasteiger partial charge in [0.05, 0.1) is 12.2 Å². The lowest BCUT2D eigenvalue weighted by Crippen LogP contribution is -2.40. The molecule has 0 heterocycles. The van der Waals surface area contributed by atoms with Crippen LogP contribution >= 0.6 is 0 Å². The summed E-state index contributed by atoms with van der Waals surface area (Å²) in [6.45, 7) is 0. The van der Waals surface area contributed by atoms with Crippen molar-refractivity contribution < 1.29 is 10.2 Å². The highest BCUT2D eigenvalue weighted by molar-refractivity contribution is 6.13. The van der Waals surface area contributed by atoms with Gasteiger partial charge in [0.15, 0.2) is 0 Å². The first-order valence-corrected chi connectivity index (χ1v) is 2.58. The van der Waals surface area contributed by atoms with Crippen molar-refractivity contribution in [1.82, 2.24) is 0 Å². The molecule has 1 rings (SSSR count). The highest BCUT2D eigenvalue weighted by atomic mass is 16.3. The molecule has 2 atom stereocenters. The van der Waals surface area contributed by atoms with Crippen molar-refractivity contribution in [2.75, 3.05) is 0 Å².